The number of carboxylic acids is 2. The van der Waals surface area contributed by atoms with Crippen LogP contribution in [-0.4, -0.2) is 48.3 Å². The molecule has 0 aliphatic heterocycles. The van der Waals surface area contributed by atoms with E-state index in [1.54, 1.807) is 24.3 Å². The molecule has 11 heteroatoms. The van der Waals surface area contributed by atoms with Crippen molar-refractivity contribution in [3.05, 3.63) is 118 Å². The number of ether oxygens (including phenoxy) is 1. The molecule has 0 bridgehead atoms. The Kier molecular flexibility index (Phi) is 14.3. The fraction of sp³-hybridized carbons (Fsp3) is 0.195. The number of aliphatic carboxylic acids is 2. The molecule has 0 saturated heterocycles. The molecule has 1 amide bonds. The third kappa shape index (κ3) is 10.6. The fourth-order valence-electron chi connectivity index (χ4n) is 5.14. The van der Waals surface area contributed by atoms with Crippen LogP contribution in [0.1, 0.15) is 43.0 Å². The molecule has 0 aliphatic carbocycles. The van der Waals surface area contributed by atoms with E-state index in [2.05, 4.69) is 72.6 Å². The summed E-state index contributed by atoms with van der Waals surface area (Å²) in [5, 5.41) is 38.6. The van der Waals surface area contributed by atoms with Gasteiger partial charge in [-0.25, -0.2) is 9.59 Å². The highest BCUT2D eigenvalue weighted by molar-refractivity contribution is 6.00. The summed E-state index contributed by atoms with van der Waals surface area (Å²) in [7, 11) is 1.51. The van der Waals surface area contributed by atoms with Crippen LogP contribution < -0.4 is 19.9 Å². The number of benzene rings is 4. The molecule has 0 aromatic heterocycles. The minimum absolute atomic E-state index is 0.290. The maximum atomic E-state index is 11.5. The molecule has 0 atom stereocenters. The van der Waals surface area contributed by atoms with Gasteiger partial charge in [0.15, 0.2) is 0 Å². The maximum Gasteiger partial charge on any atom is 0.346 e. The molecule has 0 fully saturated rings. The number of carbonyl (C=O) groups excluding carboxylic acids is 1. The van der Waals surface area contributed by atoms with Crippen molar-refractivity contribution in [2.75, 3.05) is 35.3 Å². The Balaban J connectivity index is 0.000000284. The standard InChI is InChI=1S/C24H20N2O2.C17H21N3O4/c1-17-3-9-21(10-4-17)26(22-11-5-18(2)6-12-22)23-13-7-19(8-14-23)15-20(16-25)24(27)28;1-5-20(6-2)15-9-14(19-11(3)21)12(8-16(15)24-4)7-13(10-18)17(22)23/h3-15H,1-2H3,(H,27,28);7-9H,5-6H2,1-4H3,(H,19,21)(H,22,23)/b;13-7+. The predicted octanol–water partition coefficient (Wildman–Crippen LogP) is 8.26. The van der Waals surface area contributed by atoms with Gasteiger partial charge in [-0.15, -0.1) is 0 Å². The van der Waals surface area contributed by atoms with Crippen molar-refractivity contribution < 1.29 is 29.3 Å². The Morgan fingerprint density at radius 3 is 1.58 bits per heavy atom. The molecule has 4 aromatic carbocycles. The lowest BCUT2D eigenvalue weighted by atomic mass is 10.1. The number of methoxy groups -OCH3 is 1. The van der Waals surface area contributed by atoms with E-state index in [0.717, 1.165) is 35.8 Å². The Bertz CT molecular complexity index is 1990. The molecule has 0 heterocycles. The monoisotopic (exact) mass is 699 g/mol. The lowest BCUT2D eigenvalue weighted by molar-refractivity contribution is -0.133. The number of carboxylic acid groups (broad SMARTS) is 2. The van der Waals surface area contributed by atoms with Crippen molar-refractivity contribution in [3.63, 3.8) is 0 Å². The van der Waals surface area contributed by atoms with Crippen LogP contribution in [-0.2, 0) is 14.4 Å². The van der Waals surface area contributed by atoms with Gasteiger partial charge in [-0.05, 0) is 93.9 Å². The molecule has 0 spiro atoms. The largest absolute Gasteiger partial charge is 0.495 e. The number of amides is 1. The maximum absolute atomic E-state index is 11.5. The molecule has 4 aromatic rings. The van der Waals surface area contributed by atoms with Crippen LogP contribution >= 0.6 is 0 Å². The summed E-state index contributed by atoms with van der Waals surface area (Å²) in [6, 6.07) is 30.7. The number of nitrogens with zero attached hydrogens (tertiary/aromatic N) is 4. The van der Waals surface area contributed by atoms with E-state index in [4.69, 9.17) is 25.5 Å². The summed E-state index contributed by atoms with van der Waals surface area (Å²) in [6.45, 7) is 10.9. The van der Waals surface area contributed by atoms with Crippen LogP contribution in [0.2, 0.25) is 0 Å². The topological polar surface area (TPSA) is 167 Å². The van der Waals surface area contributed by atoms with Gasteiger partial charge in [0.1, 0.15) is 29.0 Å². The van der Waals surface area contributed by atoms with Crippen LogP contribution in [0.4, 0.5) is 28.4 Å². The second-order valence-corrected chi connectivity index (χ2v) is 11.5. The zero-order chi connectivity index (χ0) is 38.4. The van der Waals surface area contributed by atoms with Crippen LogP contribution in [0.3, 0.4) is 0 Å². The number of rotatable bonds is 12. The Hall–Kier alpha value is -6.85. The van der Waals surface area contributed by atoms with Gasteiger partial charge in [-0.1, -0.05) is 47.5 Å². The normalized spacial score (nSPS) is 10.8. The van der Waals surface area contributed by atoms with E-state index >= 15 is 0 Å². The predicted molar refractivity (Wildman–Crippen MR) is 204 cm³/mol. The van der Waals surface area contributed by atoms with Gasteiger partial charge in [-0.2, -0.15) is 10.5 Å². The van der Waals surface area contributed by atoms with E-state index in [0.29, 0.717) is 22.6 Å². The second kappa shape index (κ2) is 18.8. The Labute approximate surface area is 303 Å². The van der Waals surface area contributed by atoms with Crippen molar-refractivity contribution in [1.82, 2.24) is 0 Å². The average Bonchev–Trinajstić information content (AvgIpc) is 3.12. The van der Waals surface area contributed by atoms with Gasteiger partial charge < -0.3 is 30.1 Å². The van der Waals surface area contributed by atoms with Gasteiger partial charge in [-0.3, -0.25) is 4.79 Å². The number of aryl methyl sites for hydroxylation is 2. The summed E-state index contributed by atoms with van der Waals surface area (Å²) < 4.78 is 5.39. The molecule has 0 radical (unpaired) electrons. The summed E-state index contributed by atoms with van der Waals surface area (Å²) in [4.78, 5) is 37.8. The average molecular weight is 700 g/mol. The zero-order valence-corrected chi connectivity index (χ0v) is 30.0. The highest BCUT2D eigenvalue weighted by atomic mass is 16.5. The third-order valence-corrected chi connectivity index (χ3v) is 7.81. The molecule has 4 rings (SSSR count). The Morgan fingerprint density at radius 2 is 1.19 bits per heavy atom. The van der Waals surface area contributed by atoms with Crippen molar-refractivity contribution in [2.45, 2.75) is 34.6 Å². The van der Waals surface area contributed by atoms with Gasteiger partial charge in [0, 0.05) is 42.6 Å². The molecule has 266 valence electrons. The number of anilines is 5. The summed E-state index contributed by atoms with van der Waals surface area (Å²) in [5.41, 5.74) is 6.89. The molecule has 0 aliphatic rings. The zero-order valence-electron chi connectivity index (χ0n) is 30.0. The molecular weight excluding hydrogens is 658 g/mol. The lowest BCUT2D eigenvalue weighted by Gasteiger charge is -2.25. The van der Waals surface area contributed by atoms with Gasteiger partial charge in [0.25, 0.3) is 0 Å². The fourth-order valence-corrected chi connectivity index (χ4v) is 5.14. The van der Waals surface area contributed by atoms with Crippen LogP contribution in [0, 0.1) is 36.5 Å². The van der Waals surface area contributed by atoms with Gasteiger partial charge in [0.2, 0.25) is 5.91 Å². The van der Waals surface area contributed by atoms with Crippen LogP contribution in [0.5, 0.6) is 5.75 Å². The minimum Gasteiger partial charge on any atom is -0.495 e. The number of carbonyl (C=O) groups is 3. The highest BCUT2D eigenvalue weighted by Crippen LogP contribution is 2.36. The molecule has 0 saturated carbocycles. The lowest BCUT2D eigenvalue weighted by Crippen LogP contribution is -2.23. The highest BCUT2D eigenvalue weighted by Gasteiger charge is 2.17. The smallest absolute Gasteiger partial charge is 0.346 e. The molecule has 0 unspecified atom stereocenters. The van der Waals surface area contributed by atoms with Crippen LogP contribution in [0.25, 0.3) is 12.2 Å². The van der Waals surface area contributed by atoms with E-state index in [-0.39, 0.29) is 11.5 Å². The van der Waals surface area contributed by atoms with E-state index in [9.17, 15) is 14.4 Å². The molecule has 52 heavy (non-hydrogen) atoms. The van der Waals surface area contributed by atoms with E-state index < -0.39 is 17.5 Å². The quantitative estimate of drug-likeness (QED) is 0.0967. The Morgan fingerprint density at radius 1 is 0.750 bits per heavy atom. The summed E-state index contributed by atoms with van der Waals surface area (Å²) in [5.74, 6) is -2.33. The van der Waals surface area contributed by atoms with Gasteiger partial charge in [0.05, 0.1) is 18.5 Å². The second-order valence-electron chi connectivity index (χ2n) is 11.5. The first kappa shape index (κ1) is 39.6. The van der Waals surface area contributed by atoms with Crippen molar-refractivity contribution in [2.24, 2.45) is 0 Å². The van der Waals surface area contributed by atoms with E-state index in [1.165, 1.54) is 37.3 Å². The van der Waals surface area contributed by atoms with Crippen LogP contribution in [0.15, 0.2) is 96.1 Å². The number of nitrogens with one attached hydrogen (secondary N) is 1. The SMILES string of the molecule is CCN(CC)c1cc(NC(C)=O)c(/C=C(\C#N)C(=O)O)cc1OC.Cc1ccc(N(c2ccc(C)cc2)c2ccc(C=C(C#N)C(=O)O)cc2)cc1. The van der Waals surface area contributed by atoms with Crippen molar-refractivity contribution in [3.8, 4) is 17.9 Å². The van der Waals surface area contributed by atoms with Crippen molar-refractivity contribution >= 4 is 58.4 Å². The first-order valence-corrected chi connectivity index (χ1v) is 16.3. The van der Waals surface area contributed by atoms with E-state index in [1.807, 2.05) is 43.0 Å². The number of hydrogen-bond acceptors (Lipinski definition) is 8. The molecule has 3 N–H and O–H groups in total. The molecular formula is C41H41N5O6. The number of nitriles is 2. The van der Waals surface area contributed by atoms with Gasteiger partial charge >= 0.3 is 11.9 Å². The first-order chi connectivity index (χ1) is 24.8. The summed E-state index contributed by atoms with van der Waals surface area (Å²) >= 11 is 0. The molecule has 11 nitrogen and oxygen atoms in total. The minimum atomic E-state index is -1.34. The summed E-state index contributed by atoms with van der Waals surface area (Å²) in [6.07, 6.45) is 2.58. The third-order valence-electron chi connectivity index (χ3n) is 7.81. The first-order valence-electron chi connectivity index (χ1n) is 16.3. The van der Waals surface area contributed by atoms with Crippen molar-refractivity contribution in [1.29, 1.82) is 10.5 Å². The number of hydrogen-bond donors (Lipinski definition) is 3.